The van der Waals surface area contributed by atoms with Crippen LogP contribution in [0.1, 0.15) is 27.7 Å². The van der Waals surface area contributed by atoms with Gasteiger partial charge in [-0.25, -0.2) is 0 Å². The predicted octanol–water partition coefficient (Wildman–Crippen LogP) is 0.458. The van der Waals surface area contributed by atoms with Crippen LogP contribution in [0.4, 0.5) is 0 Å². The van der Waals surface area contributed by atoms with Crippen LogP contribution in [-0.4, -0.2) is 28.8 Å². The molecule has 0 bridgehead atoms. The molecule has 0 saturated carbocycles. The first-order valence-corrected chi connectivity index (χ1v) is 3.90. The number of hydrogen-bond acceptors (Lipinski definition) is 4. The molecule has 0 saturated heterocycles. The molecule has 0 fully saturated rings. The molecule has 0 spiro atoms. The van der Waals surface area contributed by atoms with E-state index in [1.165, 1.54) is 6.92 Å². The van der Waals surface area contributed by atoms with Crippen molar-refractivity contribution in [3.63, 3.8) is 0 Å². The van der Waals surface area contributed by atoms with Gasteiger partial charge in [0.2, 0.25) is 0 Å². The SMILES string of the molecule is CC(O)C(N)C(=O)OC(C)(C)C.Cl. The number of carbonyl (C=O) groups excluding carboxylic acids is 1. The normalized spacial score (nSPS) is 15.5. The van der Waals surface area contributed by atoms with E-state index in [4.69, 9.17) is 15.6 Å². The molecule has 2 unspecified atom stereocenters. The molecular formula is C8H18ClNO3. The molecule has 80 valence electrons. The van der Waals surface area contributed by atoms with E-state index in [-0.39, 0.29) is 12.4 Å². The van der Waals surface area contributed by atoms with Gasteiger partial charge in [0.05, 0.1) is 6.10 Å². The van der Waals surface area contributed by atoms with Crippen molar-refractivity contribution < 1.29 is 14.6 Å². The van der Waals surface area contributed by atoms with Gasteiger partial charge < -0.3 is 15.6 Å². The van der Waals surface area contributed by atoms with Crippen molar-refractivity contribution in [1.29, 1.82) is 0 Å². The third-order valence-corrected chi connectivity index (χ3v) is 1.20. The second kappa shape index (κ2) is 5.42. The van der Waals surface area contributed by atoms with Crippen molar-refractivity contribution in [3.05, 3.63) is 0 Å². The molecule has 0 radical (unpaired) electrons. The lowest BCUT2D eigenvalue weighted by molar-refractivity contribution is -0.158. The molecule has 5 heteroatoms. The first-order chi connectivity index (χ1) is 5.24. The Morgan fingerprint density at radius 1 is 1.46 bits per heavy atom. The van der Waals surface area contributed by atoms with Gasteiger partial charge in [-0.3, -0.25) is 4.79 Å². The van der Waals surface area contributed by atoms with Crippen LogP contribution >= 0.6 is 12.4 Å². The Bertz CT molecular complexity index is 165. The van der Waals surface area contributed by atoms with Crippen LogP contribution in [0, 0.1) is 0 Å². The zero-order valence-corrected chi connectivity index (χ0v) is 9.22. The predicted molar refractivity (Wildman–Crippen MR) is 52.7 cm³/mol. The van der Waals surface area contributed by atoms with E-state index in [9.17, 15) is 4.79 Å². The van der Waals surface area contributed by atoms with Crippen LogP contribution in [-0.2, 0) is 9.53 Å². The molecule has 0 aliphatic rings. The van der Waals surface area contributed by atoms with E-state index in [1.807, 2.05) is 0 Å². The highest BCUT2D eigenvalue weighted by atomic mass is 35.5. The van der Waals surface area contributed by atoms with Gasteiger partial charge in [0.25, 0.3) is 0 Å². The van der Waals surface area contributed by atoms with Gasteiger partial charge in [-0.15, -0.1) is 12.4 Å². The van der Waals surface area contributed by atoms with Gasteiger partial charge in [0.15, 0.2) is 0 Å². The maximum absolute atomic E-state index is 11.1. The zero-order valence-electron chi connectivity index (χ0n) is 8.40. The van der Waals surface area contributed by atoms with Crippen LogP contribution in [0.25, 0.3) is 0 Å². The highest BCUT2D eigenvalue weighted by Crippen LogP contribution is 2.08. The van der Waals surface area contributed by atoms with Gasteiger partial charge in [0.1, 0.15) is 11.6 Å². The minimum Gasteiger partial charge on any atom is -0.459 e. The van der Waals surface area contributed by atoms with E-state index in [2.05, 4.69) is 0 Å². The summed E-state index contributed by atoms with van der Waals surface area (Å²) in [5.41, 5.74) is 4.79. The fraction of sp³-hybridized carbons (Fsp3) is 0.875. The Morgan fingerprint density at radius 3 is 2.08 bits per heavy atom. The molecular weight excluding hydrogens is 194 g/mol. The standard InChI is InChI=1S/C8H17NO3.ClH/c1-5(10)6(9)7(11)12-8(2,3)4;/h5-6,10H,9H2,1-4H3;1H. The third kappa shape index (κ3) is 6.81. The summed E-state index contributed by atoms with van der Waals surface area (Å²) < 4.78 is 4.94. The molecule has 0 aromatic carbocycles. The second-order valence-corrected chi connectivity index (χ2v) is 3.80. The van der Waals surface area contributed by atoms with E-state index in [1.54, 1.807) is 20.8 Å². The average Bonchev–Trinajstić information content (AvgIpc) is 1.82. The van der Waals surface area contributed by atoms with Gasteiger partial charge in [-0.1, -0.05) is 0 Å². The summed E-state index contributed by atoms with van der Waals surface area (Å²) in [5, 5.41) is 8.96. The second-order valence-electron chi connectivity index (χ2n) is 3.80. The molecule has 0 aromatic rings. The first kappa shape index (κ1) is 15.2. The average molecular weight is 212 g/mol. The van der Waals surface area contributed by atoms with Gasteiger partial charge >= 0.3 is 5.97 Å². The quantitative estimate of drug-likeness (QED) is 0.651. The maximum Gasteiger partial charge on any atom is 0.326 e. The summed E-state index contributed by atoms with van der Waals surface area (Å²) >= 11 is 0. The lowest BCUT2D eigenvalue weighted by atomic mass is 10.1. The highest BCUT2D eigenvalue weighted by Gasteiger charge is 2.25. The van der Waals surface area contributed by atoms with Crippen molar-refractivity contribution >= 4 is 18.4 Å². The van der Waals surface area contributed by atoms with Crippen molar-refractivity contribution in [1.82, 2.24) is 0 Å². The minimum atomic E-state index is -0.954. The van der Waals surface area contributed by atoms with Crippen LogP contribution in [0.2, 0.25) is 0 Å². The molecule has 13 heavy (non-hydrogen) atoms. The van der Waals surface area contributed by atoms with E-state index in [0.717, 1.165) is 0 Å². The van der Waals surface area contributed by atoms with Gasteiger partial charge in [0, 0.05) is 0 Å². The number of carbonyl (C=O) groups is 1. The van der Waals surface area contributed by atoms with Gasteiger partial charge in [-0.05, 0) is 27.7 Å². The summed E-state index contributed by atoms with van der Waals surface area (Å²) in [7, 11) is 0. The summed E-state index contributed by atoms with van der Waals surface area (Å²) in [6.07, 6.45) is -0.875. The molecule has 0 amide bonds. The zero-order chi connectivity index (χ0) is 9.94. The number of esters is 1. The third-order valence-electron chi connectivity index (χ3n) is 1.20. The molecule has 0 aliphatic heterocycles. The summed E-state index contributed by atoms with van der Waals surface area (Å²) in [6.45, 7) is 6.70. The van der Waals surface area contributed by atoms with Crippen LogP contribution < -0.4 is 5.73 Å². The minimum absolute atomic E-state index is 0. The molecule has 2 atom stereocenters. The van der Waals surface area contributed by atoms with Crippen LogP contribution in [0.5, 0.6) is 0 Å². The van der Waals surface area contributed by atoms with Crippen molar-refractivity contribution in [3.8, 4) is 0 Å². The van der Waals surface area contributed by atoms with E-state index in [0.29, 0.717) is 0 Å². The van der Waals surface area contributed by atoms with Crippen molar-refractivity contribution in [2.75, 3.05) is 0 Å². The summed E-state index contributed by atoms with van der Waals surface area (Å²) in [6, 6.07) is -0.954. The number of hydrogen-bond donors (Lipinski definition) is 2. The van der Waals surface area contributed by atoms with Crippen molar-refractivity contribution in [2.45, 2.75) is 45.4 Å². The smallest absolute Gasteiger partial charge is 0.326 e. The monoisotopic (exact) mass is 211 g/mol. The summed E-state index contributed by atoms with van der Waals surface area (Å²) in [5.74, 6) is -0.572. The molecule has 0 aliphatic carbocycles. The number of nitrogens with two attached hydrogens (primary N) is 1. The van der Waals surface area contributed by atoms with Crippen LogP contribution in [0.3, 0.4) is 0 Å². The Morgan fingerprint density at radius 2 is 1.85 bits per heavy atom. The maximum atomic E-state index is 11.1. The van der Waals surface area contributed by atoms with E-state index < -0.39 is 23.7 Å². The Labute approximate surface area is 84.9 Å². The first-order valence-electron chi connectivity index (χ1n) is 3.90. The fourth-order valence-electron chi connectivity index (χ4n) is 0.567. The summed E-state index contributed by atoms with van der Waals surface area (Å²) in [4.78, 5) is 11.1. The number of halogens is 1. The Kier molecular flexibility index (Phi) is 6.32. The number of ether oxygens (including phenoxy) is 1. The number of aliphatic hydroxyl groups is 1. The fourth-order valence-corrected chi connectivity index (χ4v) is 0.567. The lowest BCUT2D eigenvalue weighted by Crippen LogP contribution is -2.44. The van der Waals surface area contributed by atoms with Crippen molar-refractivity contribution in [2.24, 2.45) is 5.73 Å². The van der Waals surface area contributed by atoms with E-state index >= 15 is 0 Å². The Hall–Kier alpha value is -0.320. The molecule has 0 aromatic heterocycles. The molecule has 0 heterocycles. The topological polar surface area (TPSA) is 72.5 Å². The molecule has 0 rings (SSSR count). The Balaban J connectivity index is 0. The molecule has 3 N–H and O–H groups in total. The van der Waals surface area contributed by atoms with Crippen LogP contribution in [0.15, 0.2) is 0 Å². The number of rotatable bonds is 2. The number of aliphatic hydroxyl groups excluding tert-OH is 1. The van der Waals surface area contributed by atoms with Gasteiger partial charge in [-0.2, -0.15) is 0 Å². The lowest BCUT2D eigenvalue weighted by Gasteiger charge is -2.23. The highest BCUT2D eigenvalue weighted by molar-refractivity contribution is 5.85. The largest absolute Gasteiger partial charge is 0.459 e. The molecule has 4 nitrogen and oxygen atoms in total.